The van der Waals surface area contributed by atoms with Gasteiger partial charge >= 0.3 is 0 Å². The first kappa shape index (κ1) is 15.5. The lowest BCUT2D eigenvalue weighted by atomic mass is 10.0. The molecule has 0 bridgehead atoms. The number of hydrogen-bond donors (Lipinski definition) is 0. The average Bonchev–Trinajstić information content (AvgIpc) is 3.24. The molecule has 0 fully saturated rings. The molecule has 6 rings (SSSR count). The zero-order valence-electron chi connectivity index (χ0n) is 15.7. The van der Waals surface area contributed by atoms with Gasteiger partial charge in [0.25, 0.3) is 0 Å². The fourth-order valence-corrected chi connectivity index (χ4v) is 4.14. The summed E-state index contributed by atoms with van der Waals surface area (Å²) in [6, 6.07) is 25.5. The molecule has 2 nitrogen and oxygen atoms in total. The van der Waals surface area contributed by atoms with Gasteiger partial charge in [0.05, 0.1) is 0 Å². The van der Waals surface area contributed by atoms with Crippen LogP contribution in [0.5, 0.6) is 0 Å². The maximum atomic E-state index is 6.09. The fraction of sp³-hybridized carbons (Fsp3) is 0.0769. The third-order valence-corrected chi connectivity index (χ3v) is 5.59. The second kappa shape index (κ2) is 5.49. The standard InChI is InChI=1S/C26H18O2/c1-15-3-9-23-21(11-15)19-7-5-17(13-25(19)27-23)18-6-8-20-22-12-16(2)4-10-24(22)28-26(20)14-18/h3-14H,1-2H3. The van der Waals surface area contributed by atoms with E-state index in [0.717, 1.165) is 44.2 Å². The fourth-order valence-electron chi connectivity index (χ4n) is 4.14. The molecule has 0 amide bonds. The van der Waals surface area contributed by atoms with Crippen molar-refractivity contribution < 1.29 is 8.83 Å². The number of furan rings is 2. The van der Waals surface area contributed by atoms with E-state index in [0.29, 0.717) is 0 Å². The van der Waals surface area contributed by atoms with Crippen LogP contribution in [0.4, 0.5) is 0 Å². The first-order chi connectivity index (χ1) is 13.7. The molecule has 134 valence electrons. The highest BCUT2D eigenvalue weighted by Crippen LogP contribution is 2.35. The van der Waals surface area contributed by atoms with E-state index in [-0.39, 0.29) is 0 Å². The average molecular weight is 362 g/mol. The maximum Gasteiger partial charge on any atom is 0.136 e. The second-order valence-electron chi connectivity index (χ2n) is 7.63. The topological polar surface area (TPSA) is 26.3 Å². The Morgan fingerprint density at radius 1 is 0.429 bits per heavy atom. The molecule has 0 atom stereocenters. The van der Waals surface area contributed by atoms with Gasteiger partial charge in [-0.1, -0.05) is 35.4 Å². The molecule has 2 aromatic heterocycles. The van der Waals surface area contributed by atoms with Gasteiger partial charge in [0.15, 0.2) is 0 Å². The van der Waals surface area contributed by atoms with Gasteiger partial charge < -0.3 is 8.83 Å². The smallest absolute Gasteiger partial charge is 0.136 e. The van der Waals surface area contributed by atoms with Crippen LogP contribution in [0.15, 0.2) is 81.6 Å². The van der Waals surface area contributed by atoms with E-state index in [1.54, 1.807) is 0 Å². The zero-order valence-corrected chi connectivity index (χ0v) is 15.7. The summed E-state index contributed by atoms with van der Waals surface area (Å²) in [7, 11) is 0. The summed E-state index contributed by atoms with van der Waals surface area (Å²) in [6.07, 6.45) is 0. The van der Waals surface area contributed by atoms with Crippen molar-refractivity contribution in [1.29, 1.82) is 0 Å². The number of benzene rings is 4. The third kappa shape index (κ3) is 2.21. The number of hydrogen-bond acceptors (Lipinski definition) is 2. The van der Waals surface area contributed by atoms with Crippen molar-refractivity contribution in [1.82, 2.24) is 0 Å². The molecule has 0 N–H and O–H groups in total. The Bertz CT molecular complexity index is 1410. The molecule has 0 saturated heterocycles. The molecule has 2 heteroatoms. The van der Waals surface area contributed by atoms with Crippen LogP contribution in [-0.4, -0.2) is 0 Å². The van der Waals surface area contributed by atoms with Crippen LogP contribution in [0.25, 0.3) is 55.0 Å². The summed E-state index contributed by atoms with van der Waals surface area (Å²) in [6.45, 7) is 4.22. The van der Waals surface area contributed by atoms with Crippen molar-refractivity contribution in [2.45, 2.75) is 13.8 Å². The van der Waals surface area contributed by atoms with Crippen LogP contribution in [0, 0.1) is 13.8 Å². The largest absolute Gasteiger partial charge is 0.456 e. The monoisotopic (exact) mass is 362 g/mol. The SMILES string of the molecule is Cc1ccc2oc3cc(-c4ccc5c(c4)oc4ccc(C)cc45)ccc3c2c1. The van der Waals surface area contributed by atoms with E-state index >= 15 is 0 Å². The van der Waals surface area contributed by atoms with Crippen LogP contribution in [-0.2, 0) is 0 Å². The lowest BCUT2D eigenvalue weighted by Gasteiger charge is -2.02. The van der Waals surface area contributed by atoms with E-state index < -0.39 is 0 Å². The van der Waals surface area contributed by atoms with E-state index in [2.05, 4.69) is 74.5 Å². The first-order valence-corrected chi connectivity index (χ1v) is 9.52. The highest BCUT2D eigenvalue weighted by atomic mass is 16.3. The number of rotatable bonds is 1. The van der Waals surface area contributed by atoms with Gasteiger partial charge in [-0.3, -0.25) is 0 Å². The predicted octanol–water partition coefficient (Wildman–Crippen LogP) is 7.77. The molecule has 0 spiro atoms. The molecule has 0 aliphatic carbocycles. The van der Waals surface area contributed by atoms with Crippen molar-refractivity contribution in [3.8, 4) is 11.1 Å². The Kier molecular flexibility index (Phi) is 3.05. The van der Waals surface area contributed by atoms with Gasteiger partial charge in [-0.25, -0.2) is 0 Å². The Morgan fingerprint density at radius 2 is 0.893 bits per heavy atom. The van der Waals surface area contributed by atoms with Gasteiger partial charge in [-0.2, -0.15) is 0 Å². The Labute approximate surface area is 162 Å². The Balaban J connectivity index is 1.54. The molecule has 0 saturated carbocycles. The van der Waals surface area contributed by atoms with E-state index in [1.165, 1.54) is 21.9 Å². The summed E-state index contributed by atoms with van der Waals surface area (Å²) < 4.78 is 12.2. The van der Waals surface area contributed by atoms with E-state index in [9.17, 15) is 0 Å². The van der Waals surface area contributed by atoms with Crippen molar-refractivity contribution in [3.05, 3.63) is 83.9 Å². The normalized spacial score (nSPS) is 11.9. The molecule has 6 aromatic rings. The maximum absolute atomic E-state index is 6.09. The van der Waals surface area contributed by atoms with Crippen molar-refractivity contribution >= 4 is 43.9 Å². The highest BCUT2D eigenvalue weighted by molar-refractivity contribution is 6.08. The van der Waals surface area contributed by atoms with Crippen molar-refractivity contribution in [2.75, 3.05) is 0 Å². The molecule has 0 aliphatic heterocycles. The van der Waals surface area contributed by atoms with Gasteiger partial charge in [0.2, 0.25) is 0 Å². The van der Waals surface area contributed by atoms with E-state index in [4.69, 9.17) is 8.83 Å². The van der Waals surface area contributed by atoms with Crippen LogP contribution >= 0.6 is 0 Å². The van der Waals surface area contributed by atoms with Gasteiger partial charge in [-0.05, 0) is 73.5 Å². The van der Waals surface area contributed by atoms with Crippen LogP contribution in [0.2, 0.25) is 0 Å². The molecule has 4 aromatic carbocycles. The van der Waals surface area contributed by atoms with Crippen LogP contribution in [0.1, 0.15) is 11.1 Å². The van der Waals surface area contributed by atoms with Crippen LogP contribution in [0.3, 0.4) is 0 Å². The first-order valence-electron chi connectivity index (χ1n) is 9.52. The summed E-state index contributed by atoms with van der Waals surface area (Å²) in [5.74, 6) is 0. The molecule has 0 radical (unpaired) electrons. The molecule has 0 unspecified atom stereocenters. The van der Waals surface area contributed by atoms with Crippen molar-refractivity contribution in [2.24, 2.45) is 0 Å². The predicted molar refractivity (Wildman–Crippen MR) is 116 cm³/mol. The molecular weight excluding hydrogens is 344 g/mol. The number of aryl methyl sites for hydroxylation is 2. The minimum Gasteiger partial charge on any atom is -0.456 e. The Hall–Kier alpha value is -3.52. The Morgan fingerprint density at radius 3 is 1.36 bits per heavy atom. The quantitative estimate of drug-likeness (QED) is 0.299. The third-order valence-electron chi connectivity index (χ3n) is 5.59. The summed E-state index contributed by atoms with van der Waals surface area (Å²) in [5.41, 5.74) is 8.43. The zero-order chi connectivity index (χ0) is 18.8. The molecule has 0 aliphatic rings. The number of fused-ring (bicyclic) bond motifs is 6. The minimum absolute atomic E-state index is 0.915. The minimum atomic E-state index is 0.915. The summed E-state index contributed by atoms with van der Waals surface area (Å²) >= 11 is 0. The lowest BCUT2D eigenvalue weighted by molar-refractivity contribution is 0.668. The summed E-state index contributed by atoms with van der Waals surface area (Å²) in [5, 5.41) is 4.65. The van der Waals surface area contributed by atoms with Crippen molar-refractivity contribution in [3.63, 3.8) is 0 Å². The lowest BCUT2D eigenvalue weighted by Crippen LogP contribution is -1.78. The highest BCUT2D eigenvalue weighted by Gasteiger charge is 2.11. The second-order valence-corrected chi connectivity index (χ2v) is 7.63. The van der Waals surface area contributed by atoms with Crippen LogP contribution < -0.4 is 0 Å². The van der Waals surface area contributed by atoms with Gasteiger partial charge in [0, 0.05) is 21.5 Å². The summed E-state index contributed by atoms with van der Waals surface area (Å²) in [4.78, 5) is 0. The van der Waals surface area contributed by atoms with Gasteiger partial charge in [-0.15, -0.1) is 0 Å². The van der Waals surface area contributed by atoms with E-state index in [1.807, 2.05) is 12.1 Å². The molecular formula is C26H18O2. The molecule has 2 heterocycles. The molecule has 28 heavy (non-hydrogen) atoms. The van der Waals surface area contributed by atoms with Gasteiger partial charge in [0.1, 0.15) is 22.3 Å².